The molecular weight excluding hydrogens is 262 g/mol. The molecular formula is C18H23NS. The van der Waals surface area contributed by atoms with Crippen molar-refractivity contribution >= 4 is 22.5 Å². The zero-order valence-electron chi connectivity index (χ0n) is 12.3. The molecule has 3 atom stereocenters. The van der Waals surface area contributed by atoms with Crippen molar-refractivity contribution in [2.45, 2.75) is 44.0 Å². The maximum atomic E-state index is 3.86. The first-order chi connectivity index (χ1) is 9.75. The molecule has 0 bridgehead atoms. The molecule has 3 unspecified atom stereocenters. The summed E-state index contributed by atoms with van der Waals surface area (Å²) >= 11 is 2.10. The van der Waals surface area contributed by atoms with Gasteiger partial charge in [-0.05, 0) is 41.9 Å². The molecule has 1 nitrogen and oxygen atoms in total. The van der Waals surface area contributed by atoms with Crippen molar-refractivity contribution in [2.24, 2.45) is 0 Å². The van der Waals surface area contributed by atoms with E-state index in [2.05, 4.69) is 73.4 Å². The Balaban J connectivity index is 1.83. The molecule has 0 spiro atoms. The highest BCUT2D eigenvalue weighted by Crippen LogP contribution is 2.29. The van der Waals surface area contributed by atoms with Crippen molar-refractivity contribution in [3.8, 4) is 0 Å². The first-order valence-corrected chi connectivity index (χ1v) is 8.66. The lowest BCUT2D eigenvalue weighted by Crippen LogP contribution is -2.40. The number of hydrogen-bond donors (Lipinski definition) is 1. The van der Waals surface area contributed by atoms with Crippen LogP contribution in [0, 0.1) is 0 Å². The second-order valence-corrected chi connectivity index (χ2v) is 7.27. The summed E-state index contributed by atoms with van der Waals surface area (Å²) in [4.78, 5) is 0. The monoisotopic (exact) mass is 285 g/mol. The van der Waals surface area contributed by atoms with E-state index in [1.807, 2.05) is 0 Å². The molecule has 1 saturated heterocycles. The normalized spacial score (nSPS) is 24.7. The fourth-order valence-electron chi connectivity index (χ4n) is 3.18. The minimum atomic E-state index is 0.409. The van der Waals surface area contributed by atoms with Gasteiger partial charge in [0, 0.05) is 17.3 Å². The van der Waals surface area contributed by atoms with E-state index in [1.54, 1.807) is 0 Å². The Morgan fingerprint density at radius 2 is 1.95 bits per heavy atom. The Morgan fingerprint density at radius 3 is 2.80 bits per heavy atom. The molecule has 1 N–H and O–H groups in total. The van der Waals surface area contributed by atoms with E-state index in [0.717, 1.165) is 5.25 Å². The first-order valence-electron chi connectivity index (χ1n) is 7.61. The Labute approximate surface area is 126 Å². The third-order valence-electron chi connectivity index (χ3n) is 4.36. The highest BCUT2D eigenvalue weighted by Gasteiger charge is 2.23. The quantitative estimate of drug-likeness (QED) is 0.871. The van der Waals surface area contributed by atoms with E-state index < -0.39 is 0 Å². The Hall–Kier alpha value is -0.990. The Kier molecular flexibility index (Phi) is 4.32. The number of fused-ring (bicyclic) bond motifs is 1. The van der Waals surface area contributed by atoms with Crippen LogP contribution in [-0.4, -0.2) is 17.0 Å². The van der Waals surface area contributed by atoms with E-state index in [1.165, 1.54) is 34.9 Å². The second-order valence-electron chi connectivity index (χ2n) is 5.78. The van der Waals surface area contributed by atoms with Gasteiger partial charge in [-0.15, -0.1) is 0 Å². The lowest BCUT2D eigenvalue weighted by molar-refractivity contribution is 0.418. The van der Waals surface area contributed by atoms with Crippen molar-refractivity contribution < 1.29 is 0 Å². The van der Waals surface area contributed by atoms with Crippen LogP contribution < -0.4 is 5.32 Å². The summed E-state index contributed by atoms with van der Waals surface area (Å²) in [6, 6.07) is 16.4. The number of nitrogens with one attached hydrogen (secondary N) is 1. The van der Waals surface area contributed by atoms with Gasteiger partial charge in [0.05, 0.1) is 0 Å². The lowest BCUT2D eigenvalue weighted by Gasteiger charge is -2.32. The van der Waals surface area contributed by atoms with Gasteiger partial charge in [-0.3, -0.25) is 0 Å². The van der Waals surface area contributed by atoms with Gasteiger partial charge in [0.15, 0.2) is 0 Å². The number of rotatable bonds is 3. The standard InChI is InChI=1S/C18H23NS/c1-13(19-18-11-6-12-20-14(18)2)16-10-5-8-15-7-3-4-9-17(15)16/h3-5,7-10,13-14,18-19H,6,11-12H2,1-2H3. The fraction of sp³-hybridized carbons (Fsp3) is 0.444. The molecule has 1 aliphatic rings. The molecule has 0 aromatic heterocycles. The van der Waals surface area contributed by atoms with Crippen molar-refractivity contribution in [1.82, 2.24) is 5.32 Å². The predicted molar refractivity (Wildman–Crippen MR) is 90.4 cm³/mol. The van der Waals surface area contributed by atoms with Crippen LogP contribution in [0.1, 0.15) is 38.3 Å². The van der Waals surface area contributed by atoms with Gasteiger partial charge in [0.1, 0.15) is 0 Å². The molecule has 2 aromatic rings. The minimum absolute atomic E-state index is 0.409. The molecule has 0 aliphatic carbocycles. The van der Waals surface area contributed by atoms with Crippen molar-refractivity contribution in [2.75, 3.05) is 5.75 Å². The minimum Gasteiger partial charge on any atom is -0.306 e. The van der Waals surface area contributed by atoms with Gasteiger partial charge in [-0.1, -0.05) is 49.4 Å². The third kappa shape index (κ3) is 2.87. The molecule has 0 saturated carbocycles. The summed E-state index contributed by atoms with van der Waals surface area (Å²) in [7, 11) is 0. The number of hydrogen-bond acceptors (Lipinski definition) is 2. The van der Waals surface area contributed by atoms with Gasteiger partial charge >= 0.3 is 0 Å². The summed E-state index contributed by atoms with van der Waals surface area (Å²) in [5.74, 6) is 1.32. The molecule has 2 heteroatoms. The highest BCUT2D eigenvalue weighted by molar-refractivity contribution is 7.99. The maximum Gasteiger partial charge on any atom is 0.0300 e. The SMILES string of the molecule is CC(NC1CCCSC1C)c1cccc2ccccc12. The summed E-state index contributed by atoms with van der Waals surface area (Å²) in [6.45, 7) is 4.66. The van der Waals surface area contributed by atoms with E-state index in [4.69, 9.17) is 0 Å². The summed E-state index contributed by atoms with van der Waals surface area (Å²) in [5, 5.41) is 7.30. The van der Waals surface area contributed by atoms with Crippen LogP contribution >= 0.6 is 11.8 Å². The molecule has 0 radical (unpaired) electrons. The van der Waals surface area contributed by atoms with Crippen LogP contribution in [0.2, 0.25) is 0 Å². The van der Waals surface area contributed by atoms with Crippen LogP contribution in [0.25, 0.3) is 10.8 Å². The molecule has 2 aromatic carbocycles. The van der Waals surface area contributed by atoms with Gasteiger partial charge in [0.2, 0.25) is 0 Å². The van der Waals surface area contributed by atoms with E-state index in [0.29, 0.717) is 12.1 Å². The molecule has 3 rings (SSSR count). The topological polar surface area (TPSA) is 12.0 Å². The first kappa shape index (κ1) is 14.0. The number of thioether (sulfide) groups is 1. The fourth-order valence-corrected chi connectivity index (χ4v) is 4.33. The summed E-state index contributed by atoms with van der Waals surface area (Å²) in [6.07, 6.45) is 2.65. The molecule has 1 aliphatic heterocycles. The van der Waals surface area contributed by atoms with Crippen LogP contribution in [0.5, 0.6) is 0 Å². The van der Waals surface area contributed by atoms with Gasteiger partial charge in [0.25, 0.3) is 0 Å². The molecule has 0 amide bonds. The van der Waals surface area contributed by atoms with Crippen LogP contribution in [0.15, 0.2) is 42.5 Å². The molecule has 106 valence electrons. The summed E-state index contributed by atoms with van der Waals surface area (Å²) in [5.41, 5.74) is 1.42. The van der Waals surface area contributed by atoms with E-state index >= 15 is 0 Å². The summed E-state index contributed by atoms with van der Waals surface area (Å²) < 4.78 is 0. The molecule has 1 fully saturated rings. The molecule has 20 heavy (non-hydrogen) atoms. The smallest absolute Gasteiger partial charge is 0.0300 e. The van der Waals surface area contributed by atoms with Crippen LogP contribution in [0.3, 0.4) is 0 Å². The average molecular weight is 285 g/mol. The predicted octanol–water partition coefficient (Wildman–Crippen LogP) is 4.77. The van der Waals surface area contributed by atoms with Crippen LogP contribution in [-0.2, 0) is 0 Å². The second kappa shape index (κ2) is 6.19. The zero-order valence-corrected chi connectivity index (χ0v) is 13.1. The largest absolute Gasteiger partial charge is 0.306 e. The molecule has 1 heterocycles. The zero-order chi connectivity index (χ0) is 13.9. The van der Waals surface area contributed by atoms with Crippen LogP contribution in [0.4, 0.5) is 0 Å². The Morgan fingerprint density at radius 1 is 1.15 bits per heavy atom. The van der Waals surface area contributed by atoms with Gasteiger partial charge in [-0.25, -0.2) is 0 Å². The van der Waals surface area contributed by atoms with Crippen molar-refractivity contribution in [3.05, 3.63) is 48.0 Å². The number of benzene rings is 2. The highest BCUT2D eigenvalue weighted by atomic mass is 32.2. The van der Waals surface area contributed by atoms with Crippen molar-refractivity contribution in [3.63, 3.8) is 0 Å². The lowest BCUT2D eigenvalue weighted by atomic mass is 9.98. The third-order valence-corrected chi connectivity index (χ3v) is 5.74. The average Bonchev–Trinajstić information content (AvgIpc) is 2.49. The Bertz CT molecular complexity index is 575. The van der Waals surface area contributed by atoms with Gasteiger partial charge < -0.3 is 5.32 Å². The van der Waals surface area contributed by atoms with E-state index in [9.17, 15) is 0 Å². The van der Waals surface area contributed by atoms with E-state index in [-0.39, 0.29) is 0 Å². The van der Waals surface area contributed by atoms with Gasteiger partial charge in [-0.2, -0.15) is 11.8 Å². The van der Waals surface area contributed by atoms with Crippen molar-refractivity contribution in [1.29, 1.82) is 0 Å². The maximum absolute atomic E-state index is 3.86.